The van der Waals surface area contributed by atoms with Crippen LogP contribution in [-0.4, -0.2) is 21.0 Å². The van der Waals surface area contributed by atoms with Crippen LogP contribution in [-0.2, 0) is 11.3 Å². The maximum atomic E-state index is 12.4. The predicted molar refractivity (Wildman–Crippen MR) is 88.0 cm³/mol. The molecule has 1 aliphatic heterocycles. The van der Waals surface area contributed by atoms with Crippen LogP contribution in [0.2, 0.25) is 0 Å². The first-order chi connectivity index (χ1) is 12.0. The monoisotopic (exact) mass is 355 g/mol. The number of nitro groups is 1. The van der Waals surface area contributed by atoms with Gasteiger partial charge in [0.05, 0.1) is 29.1 Å². The van der Waals surface area contributed by atoms with E-state index in [-0.39, 0.29) is 17.2 Å². The second-order valence-electron chi connectivity index (χ2n) is 4.97. The molecule has 0 spiro atoms. The van der Waals surface area contributed by atoms with E-state index in [1.807, 2.05) is 6.07 Å². The minimum Gasteiger partial charge on any atom is -0.401 e. The Balaban J connectivity index is 1.83. The predicted octanol–water partition coefficient (Wildman–Crippen LogP) is 3.30. The number of benzene rings is 1. The van der Waals surface area contributed by atoms with E-state index in [1.165, 1.54) is 18.2 Å². The van der Waals surface area contributed by atoms with Crippen molar-refractivity contribution in [3.05, 3.63) is 68.3 Å². The first-order valence-corrected chi connectivity index (χ1v) is 7.79. The van der Waals surface area contributed by atoms with E-state index in [1.54, 1.807) is 24.3 Å². The van der Waals surface area contributed by atoms with Gasteiger partial charge in [0.1, 0.15) is 10.7 Å². The van der Waals surface area contributed by atoms with Crippen LogP contribution in [0, 0.1) is 21.4 Å². The summed E-state index contributed by atoms with van der Waals surface area (Å²) in [5, 5.41) is 19.2. The minimum atomic E-state index is -0.693. The van der Waals surface area contributed by atoms with Crippen molar-refractivity contribution in [2.45, 2.75) is 6.54 Å². The molecular weight excluding hydrogens is 346 g/mol. The first kappa shape index (κ1) is 16.5. The molecule has 9 heteroatoms. The van der Waals surface area contributed by atoms with E-state index in [4.69, 9.17) is 9.68 Å². The Morgan fingerprint density at radius 1 is 1.28 bits per heavy atom. The Hall–Kier alpha value is -3.38. The van der Waals surface area contributed by atoms with Crippen molar-refractivity contribution in [2.24, 2.45) is 0 Å². The van der Waals surface area contributed by atoms with Crippen molar-refractivity contribution in [1.29, 1.82) is 5.26 Å². The zero-order chi connectivity index (χ0) is 18.0. The van der Waals surface area contributed by atoms with Crippen LogP contribution < -0.4 is 0 Å². The lowest BCUT2D eigenvalue weighted by atomic mass is 10.1. The van der Waals surface area contributed by atoms with Gasteiger partial charge in [0.25, 0.3) is 11.1 Å². The number of hydrogen-bond donors (Lipinski definition) is 0. The molecule has 2 aromatic rings. The number of thioether (sulfide) groups is 1. The highest BCUT2D eigenvalue weighted by molar-refractivity contribution is 8.18. The van der Waals surface area contributed by atoms with E-state index in [0.29, 0.717) is 22.9 Å². The van der Waals surface area contributed by atoms with Gasteiger partial charge in [-0.1, -0.05) is 18.2 Å². The largest absolute Gasteiger partial charge is 0.433 e. The Bertz CT molecular complexity index is 957. The molecule has 0 aliphatic carbocycles. The van der Waals surface area contributed by atoms with Gasteiger partial charge in [-0.15, -0.1) is 0 Å². The fourth-order valence-electron chi connectivity index (χ4n) is 2.22. The molecule has 1 aromatic carbocycles. The van der Waals surface area contributed by atoms with Gasteiger partial charge in [-0.25, -0.2) is 0 Å². The Morgan fingerprint density at radius 2 is 2.04 bits per heavy atom. The smallest absolute Gasteiger partial charge is 0.401 e. The number of rotatable bonds is 4. The van der Waals surface area contributed by atoms with E-state index in [2.05, 4.69) is 0 Å². The Morgan fingerprint density at radius 3 is 2.72 bits per heavy atom. The van der Waals surface area contributed by atoms with Crippen molar-refractivity contribution in [2.75, 3.05) is 0 Å². The SMILES string of the molecule is N#Cc1ccccc1CN1C(=O)S/C(=C/c2ccc([N+](=O)[O-])o2)C1=O. The lowest BCUT2D eigenvalue weighted by Crippen LogP contribution is -2.27. The molecule has 25 heavy (non-hydrogen) atoms. The summed E-state index contributed by atoms with van der Waals surface area (Å²) >= 11 is 0.713. The number of imide groups is 1. The highest BCUT2D eigenvalue weighted by atomic mass is 32.2. The molecule has 3 rings (SSSR count). The normalized spacial score (nSPS) is 15.6. The molecule has 1 aliphatic rings. The van der Waals surface area contributed by atoms with E-state index in [9.17, 15) is 19.7 Å². The van der Waals surface area contributed by atoms with Gasteiger partial charge < -0.3 is 4.42 Å². The van der Waals surface area contributed by atoms with Crippen LogP contribution in [0.1, 0.15) is 16.9 Å². The minimum absolute atomic E-state index is 0.0238. The topological polar surface area (TPSA) is 117 Å². The number of amides is 2. The number of carbonyl (C=O) groups is 2. The fraction of sp³-hybridized carbons (Fsp3) is 0.0625. The summed E-state index contributed by atoms with van der Waals surface area (Å²) in [4.78, 5) is 35.6. The van der Waals surface area contributed by atoms with Gasteiger partial charge in [0, 0.05) is 6.08 Å². The zero-order valence-electron chi connectivity index (χ0n) is 12.5. The second kappa shape index (κ2) is 6.62. The van der Waals surface area contributed by atoms with Crippen LogP contribution in [0.4, 0.5) is 10.7 Å². The van der Waals surface area contributed by atoms with Crippen LogP contribution in [0.25, 0.3) is 6.08 Å². The molecule has 0 radical (unpaired) electrons. The van der Waals surface area contributed by atoms with Crippen LogP contribution in [0.15, 0.2) is 45.7 Å². The highest BCUT2D eigenvalue weighted by Gasteiger charge is 2.35. The zero-order valence-corrected chi connectivity index (χ0v) is 13.4. The quantitative estimate of drug-likeness (QED) is 0.469. The summed E-state index contributed by atoms with van der Waals surface area (Å²) in [6, 6.07) is 11.2. The number of hydrogen-bond acceptors (Lipinski definition) is 7. The van der Waals surface area contributed by atoms with Crippen LogP contribution >= 0.6 is 11.8 Å². The molecule has 2 heterocycles. The Labute approximate surface area is 145 Å². The van der Waals surface area contributed by atoms with Crippen molar-refractivity contribution >= 4 is 34.9 Å². The van der Waals surface area contributed by atoms with Gasteiger partial charge in [-0.3, -0.25) is 24.6 Å². The van der Waals surface area contributed by atoms with E-state index in [0.717, 1.165) is 4.90 Å². The molecule has 0 bridgehead atoms. The molecule has 8 nitrogen and oxygen atoms in total. The molecule has 0 saturated carbocycles. The molecule has 1 saturated heterocycles. The van der Waals surface area contributed by atoms with Gasteiger partial charge in [-0.2, -0.15) is 5.26 Å². The molecule has 0 unspecified atom stereocenters. The van der Waals surface area contributed by atoms with Crippen LogP contribution in [0.3, 0.4) is 0 Å². The molecule has 0 atom stereocenters. The number of nitrogens with zero attached hydrogens (tertiary/aromatic N) is 3. The third-order valence-electron chi connectivity index (χ3n) is 3.41. The third-order valence-corrected chi connectivity index (χ3v) is 4.31. The third kappa shape index (κ3) is 3.29. The molecule has 0 N–H and O–H groups in total. The maximum absolute atomic E-state index is 12.4. The molecule has 124 valence electrons. The van der Waals surface area contributed by atoms with Crippen molar-refractivity contribution in [3.63, 3.8) is 0 Å². The molecule has 1 aromatic heterocycles. The van der Waals surface area contributed by atoms with Gasteiger partial charge in [0.15, 0.2) is 0 Å². The average molecular weight is 355 g/mol. The summed E-state index contributed by atoms with van der Waals surface area (Å²) in [5.41, 5.74) is 0.939. The molecule has 2 amide bonds. The number of carbonyl (C=O) groups excluding carboxylic acids is 2. The van der Waals surface area contributed by atoms with E-state index >= 15 is 0 Å². The maximum Gasteiger partial charge on any atom is 0.433 e. The molecule has 1 fully saturated rings. The second-order valence-corrected chi connectivity index (χ2v) is 5.96. The average Bonchev–Trinajstić information content (AvgIpc) is 3.16. The lowest BCUT2D eigenvalue weighted by molar-refractivity contribution is -0.402. The number of nitriles is 1. The van der Waals surface area contributed by atoms with E-state index < -0.39 is 22.0 Å². The van der Waals surface area contributed by atoms with Gasteiger partial charge >= 0.3 is 5.88 Å². The van der Waals surface area contributed by atoms with Crippen molar-refractivity contribution in [3.8, 4) is 6.07 Å². The Kier molecular flexibility index (Phi) is 4.36. The van der Waals surface area contributed by atoms with Crippen molar-refractivity contribution in [1.82, 2.24) is 4.90 Å². The fourth-order valence-corrected chi connectivity index (χ4v) is 3.04. The summed E-state index contributed by atoms with van der Waals surface area (Å²) < 4.78 is 4.97. The standard InChI is InChI=1S/C16H9N3O5S/c17-8-10-3-1-2-4-11(10)9-18-15(20)13(25-16(18)21)7-12-5-6-14(24-12)19(22)23/h1-7H,9H2/b13-7+. The molecular formula is C16H9N3O5S. The summed E-state index contributed by atoms with van der Waals surface area (Å²) in [7, 11) is 0. The lowest BCUT2D eigenvalue weighted by Gasteiger charge is -2.13. The highest BCUT2D eigenvalue weighted by Crippen LogP contribution is 2.34. The van der Waals surface area contributed by atoms with Gasteiger partial charge in [0.2, 0.25) is 0 Å². The summed E-state index contributed by atoms with van der Waals surface area (Å²) in [6.07, 6.45) is 1.29. The summed E-state index contributed by atoms with van der Waals surface area (Å²) in [6.45, 7) is -0.0238. The first-order valence-electron chi connectivity index (χ1n) is 6.97. The van der Waals surface area contributed by atoms with Crippen LogP contribution in [0.5, 0.6) is 0 Å². The summed E-state index contributed by atoms with van der Waals surface area (Å²) in [5.74, 6) is -0.884. The van der Waals surface area contributed by atoms with Gasteiger partial charge in [-0.05, 0) is 29.5 Å². The van der Waals surface area contributed by atoms with Crippen molar-refractivity contribution < 1.29 is 18.9 Å². The number of furan rings is 1.